The standard InChI is InChI=1S/C29H31NO5/c31-28(35-19-23-10-5-2-6-11-23)30-25-16-29(32,17-26(30)21-33-20-25)15-24-12-7-13-27(14-24)34-18-22-8-3-1-4-9-22/h1-14,25-26,32H,15-21H2. The molecule has 2 aliphatic rings. The normalized spacial score (nSPS) is 23.5. The lowest BCUT2D eigenvalue weighted by atomic mass is 9.78. The first-order valence-electron chi connectivity index (χ1n) is 12.1. The van der Waals surface area contributed by atoms with Gasteiger partial charge in [0.05, 0.1) is 30.9 Å². The van der Waals surface area contributed by atoms with E-state index in [0.29, 0.717) is 39.1 Å². The van der Waals surface area contributed by atoms with Crippen molar-refractivity contribution in [1.82, 2.24) is 4.90 Å². The number of rotatable bonds is 7. The lowest BCUT2D eigenvalue weighted by Crippen LogP contribution is -2.64. The quantitative estimate of drug-likeness (QED) is 0.537. The second-order valence-corrected chi connectivity index (χ2v) is 9.52. The smallest absolute Gasteiger partial charge is 0.410 e. The third-order valence-corrected chi connectivity index (χ3v) is 6.73. The summed E-state index contributed by atoms with van der Waals surface area (Å²) in [6.07, 6.45) is 1.04. The van der Waals surface area contributed by atoms with Crippen LogP contribution in [0.3, 0.4) is 0 Å². The van der Waals surface area contributed by atoms with E-state index < -0.39 is 5.60 Å². The molecule has 6 heteroatoms. The van der Waals surface area contributed by atoms with Crippen LogP contribution >= 0.6 is 0 Å². The summed E-state index contributed by atoms with van der Waals surface area (Å²) in [6.45, 7) is 1.53. The average molecular weight is 474 g/mol. The zero-order chi connectivity index (χ0) is 24.1. The number of amides is 1. The minimum atomic E-state index is -0.923. The number of aliphatic hydroxyl groups is 1. The number of nitrogens with zero attached hydrogens (tertiary/aromatic N) is 1. The van der Waals surface area contributed by atoms with E-state index >= 15 is 0 Å². The third kappa shape index (κ3) is 5.84. The van der Waals surface area contributed by atoms with Gasteiger partial charge >= 0.3 is 6.09 Å². The van der Waals surface area contributed by atoms with Gasteiger partial charge in [-0.15, -0.1) is 0 Å². The Hall–Kier alpha value is -3.35. The summed E-state index contributed by atoms with van der Waals surface area (Å²) in [6, 6.07) is 27.2. The van der Waals surface area contributed by atoms with Crippen LogP contribution in [-0.4, -0.2) is 47.0 Å². The lowest BCUT2D eigenvalue weighted by molar-refractivity contribution is -0.132. The molecule has 2 fully saturated rings. The zero-order valence-electron chi connectivity index (χ0n) is 19.7. The molecule has 0 aromatic heterocycles. The van der Waals surface area contributed by atoms with Crippen molar-refractivity contribution in [2.24, 2.45) is 0 Å². The number of piperidine rings is 1. The average Bonchev–Trinajstić information content (AvgIpc) is 2.87. The molecule has 182 valence electrons. The number of morpholine rings is 1. The predicted molar refractivity (Wildman–Crippen MR) is 132 cm³/mol. The predicted octanol–water partition coefficient (Wildman–Crippen LogP) is 4.74. The molecule has 3 aromatic carbocycles. The van der Waals surface area contributed by atoms with Crippen molar-refractivity contribution < 1.29 is 24.1 Å². The second kappa shape index (κ2) is 10.5. The molecule has 2 atom stereocenters. The SMILES string of the molecule is O=C(OCc1ccccc1)N1C2COCC1CC(O)(Cc1cccc(OCc3ccccc3)c1)C2. The fourth-order valence-electron chi connectivity index (χ4n) is 5.18. The van der Waals surface area contributed by atoms with Crippen molar-refractivity contribution in [3.05, 3.63) is 102 Å². The molecule has 2 saturated heterocycles. The number of carbonyl (C=O) groups excluding carboxylic acids is 1. The van der Waals surface area contributed by atoms with Gasteiger partial charge in [-0.2, -0.15) is 0 Å². The van der Waals surface area contributed by atoms with Gasteiger partial charge in [0.2, 0.25) is 0 Å². The van der Waals surface area contributed by atoms with E-state index in [4.69, 9.17) is 14.2 Å². The molecule has 2 unspecified atom stereocenters. The van der Waals surface area contributed by atoms with Gasteiger partial charge in [0.1, 0.15) is 19.0 Å². The van der Waals surface area contributed by atoms with E-state index in [1.165, 1.54) is 0 Å². The lowest BCUT2D eigenvalue weighted by Gasteiger charge is -2.51. The highest BCUT2D eigenvalue weighted by Crippen LogP contribution is 2.37. The Morgan fingerprint density at radius 3 is 2.11 bits per heavy atom. The molecule has 5 rings (SSSR count). The Bertz CT molecular complexity index is 1110. The van der Waals surface area contributed by atoms with Crippen molar-refractivity contribution >= 4 is 6.09 Å². The fraction of sp³-hybridized carbons (Fsp3) is 0.345. The van der Waals surface area contributed by atoms with E-state index in [1.54, 1.807) is 4.90 Å². The van der Waals surface area contributed by atoms with Crippen LogP contribution in [0.2, 0.25) is 0 Å². The van der Waals surface area contributed by atoms with E-state index in [1.807, 2.05) is 84.9 Å². The maximum absolute atomic E-state index is 12.9. The van der Waals surface area contributed by atoms with Crippen molar-refractivity contribution in [2.45, 2.75) is 50.2 Å². The third-order valence-electron chi connectivity index (χ3n) is 6.73. The molecule has 1 amide bonds. The van der Waals surface area contributed by atoms with Crippen LogP contribution in [0.4, 0.5) is 4.79 Å². The summed E-state index contributed by atoms with van der Waals surface area (Å²) in [5.74, 6) is 0.778. The van der Waals surface area contributed by atoms with Crippen molar-refractivity contribution in [2.75, 3.05) is 13.2 Å². The molecule has 0 saturated carbocycles. The number of hydrogen-bond acceptors (Lipinski definition) is 5. The van der Waals surface area contributed by atoms with Crippen molar-refractivity contribution in [1.29, 1.82) is 0 Å². The van der Waals surface area contributed by atoms with Crippen molar-refractivity contribution in [3.8, 4) is 5.75 Å². The number of benzene rings is 3. The van der Waals surface area contributed by atoms with Crippen LogP contribution in [0, 0.1) is 0 Å². The Labute approximate surface area is 206 Å². The van der Waals surface area contributed by atoms with Gasteiger partial charge in [-0.3, -0.25) is 4.90 Å². The van der Waals surface area contributed by atoms with Gasteiger partial charge in [0, 0.05) is 6.42 Å². The van der Waals surface area contributed by atoms with Crippen LogP contribution in [0.1, 0.15) is 29.5 Å². The van der Waals surface area contributed by atoms with Gasteiger partial charge < -0.3 is 19.3 Å². The summed E-state index contributed by atoms with van der Waals surface area (Å²) in [5.41, 5.74) is 2.14. The van der Waals surface area contributed by atoms with Crippen LogP contribution in [0.25, 0.3) is 0 Å². The Morgan fingerprint density at radius 2 is 1.46 bits per heavy atom. The van der Waals surface area contributed by atoms with Crippen LogP contribution in [-0.2, 0) is 29.1 Å². The minimum absolute atomic E-state index is 0.215. The summed E-state index contributed by atoms with van der Waals surface area (Å²) in [4.78, 5) is 14.7. The van der Waals surface area contributed by atoms with Gasteiger partial charge in [0.15, 0.2) is 0 Å². The topological polar surface area (TPSA) is 68.2 Å². The summed E-state index contributed by atoms with van der Waals surface area (Å²) in [7, 11) is 0. The molecule has 2 heterocycles. The molecular formula is C29H31NO5. The number of hydrogen-bond donors (Lipinski definition) is 1. The fourth-order valence-corrected chi connectivity index (χ4v) is 5.18. The van der Waals surface area contributed by atoms with Crippen LogP contribution in [0.5, 0.6) is 5.75 Å². The van der Waals surface area contributed by atoms with Crippen LogP contribution in [0.15, 0.2) is 84.9 Å². The molecule has 3 aromatic rings. The molecule has 0 aliphatic carbocycles. The highest BCUT2D eigenvalue weighted by Gasteiger charge is 2.48. The van der Waals surface area contributed by atoms with Gasteiger partial charge in [-0.25, -0.2) is 4.79 Å². The first kappa shape index (κ1) is 23.4. The first-order valence-corrected chi connectivity index (χ1v) is 12.1. The zero-order valence-corrected chi connectivity index (χ0v) is 19.7. The summed E-state index contributed by atoms with van der Waals surface area (Å²) in [5, 5.41) is 11.6. The highest BCUT2D eigenvalue weighted by atomic mass is 16.6. The van der Waals surface area contributed by atoms with Gasteiger partial charge in [-0.05, 0) is 41.7 Å². The number of carbonyl (C=O) groups is 1. The molecule has 0 radical (unpaired) electrons. The molecule has 2 aliphatic heterocycles. The van der Waals surface area contributed by atoms with E-state index in [2.05, 4.69) is 0 Å². The van der Waals surface area contributed by atoms with Crippen LogP contribution < -0.4 is 4.74 Å². The first-order chi connectivity index (χ1) is 17.1. The van der Waals surface area contributed by atoms with E-state index in [-0.39, 0.29) is 24.8 Å². The largest absolute Gasteiger partial charge is 0.489 e. The Balaban J connectivity index is 1.21. The minimum Gasteiger partial charge on any atom is -0.489 e. The Kier molecular flexibility index (Phi) is 7.02. The summed E-state index contributed by atoms with van der Waals surface area (Å²) >= 11 is 0. The monoisotopic (exact) mass is 473 g/mol. The molecule has 2 bridgehead atoms. The summed E-state index contributed by atoms with van der Waals surface area (Å²) < 4.78 is 17.3. The molecule has 35 heavy (non-hydrogen) atoms. The number of fused-ring (bicyclic) bond motifs is 2. The highest BCUT2D eigenvalue weighted by molar-refractivity contribution is 5.69. The maximum Gasteiger partial charge on any atom is 0.410 e. The molecular weight excluding hydrogens is 442 g/mol. The Morgan fingerprint density at radius 1 is 0.857 bits per heavy atom. The van der Waals surface area contributed by atoms with E-state index in [0.717, 1.165) is 22.4 Å². The molecule has 0 spiro atoms. The second-order valence-electron chi connectivity index (χ2n) is 9.52. The maximum atomic E-state index is 12.9. The molecule has 6 nitrogen and oxygen atoms in total. The van der Waals surface area contributed by atoms with Gasteiger partial charge in [0.25, 0.3) is 0 Å². The van der Waals surface area contributed by atoms with Gasteiger partial charge in [-0.1, -0.05) is 72.8 Å². The van der Waals surface area contributed by atoms with E-state index in [9.17, 15) is 9.90 Å². The number of ether oxygens (including phenoxy) is 3. The molecule has 1 N–H and O–H groups in total. The van der Waals surface area contributed by atoms with Crippen molar-refractivity contribution in [3.63, 3.8) is 0 Å².